The fourth-order valence-electron chi connectivity index (χ4n) is 7.79. The minimum absolute atomic E-state index is 0.0216. The molecule has 2 fully saturated rings. The van der Waals surface area contributed by atoms with Gasteiger partial charge >= 0.3 is 12.1 Å². The maximum absolute atomic E-state index is 15.4. The maximum Gasteiger partial charge on any atom is 0.407 e. The summed E-state index contributed by atoms with van der Waals surface area (Å²) in [6, 6.07) is 14.1. The monoisotopic (exact) mass is 687 g/mol. The minimum Gasteiger partial charge on any atom is -0.445 e. The van der Waals surface area contributed by atoms with Gasteiger partial charge in [-0.3, -0.25) is 0 Å². The lowest BCUT2D eigenvalue weighted by Gasteiger charge is -2.44. The van der Waals surface area contributed by atoms with Gasteiger partial charge < -0.3 is 30.1 Å². The molecule has 4 rings (SSSR count). The third kappa shape index (κ3) is 10.6. The van der Waals surface area contributed by atoms with Gasteiger partial charge in [-0.15, -0.1) is 0 Å². The molecule has 4 atom stereocenters. The lowest BCUT2D eigenvalue weighted by molar-refractivity contribution is -0.0588. The average molecular weight is 688 g/mol. The first-order valence-corrected chi connectivity index (χ1v) is 18.3. The van der Waals surface area contributed by atoms with Gasteiger partial charge in [0.2, 0.25) is 0 Å². The minimum atomic E-state index is -1.47. The van der Waals surface area contributed by atoms with E-state index >= 15 is 4.39 Å². The number of urea groups is 1. The lowest BCUT2D eigenvalue weighted by Crippen LogP contribution is -2.54. The molecule has 1 saturated heterocycles. The van der Waals surface area contributed by atoms with Crippen LogP contribution in [0.25, 0.3) is 0 Å². The summed E-state index contributed by atoms with van der Waals surface area (Å²) in [4.78, 5) is 28.2. The molecule has 3 N–H and O–H groups in total. The van der Waals surface area contributed by atoms with Crippen LogP contribution < -0.4 is 10.6 Å². The number of alkyl carbamates (subject to hydrolysis) is 1. The zero-order chi connectivity index (χ0) is 34.4. The van der Waals surface area contributed by atoms with Crippen LogP contribution in [-0.4, -0.2) is 61.5 Å². The van der Waals surface area contributed by atoms with E-state index in [-0.39, 0.29) is 41.1 Å². The van der Waals surface area contributed by atoms with E-state index in [9.17, 15) is 14.7 Å². The van der Waals surface area contributed by atoms with Crippen molar-refractivity contribution in [3.63, 3.8) is 0 Å². The SMILES string of the molecule is CC[C@@H](NC(=O)N1CCC[C@@H]([C@@](O)(CCCCOC)c2cccc(Cl)c2F)C1)[C@@H](CCNC(=O)OCc1ccccc1)C1CCCCC1. The van der Waals surface area contributed by atoms with Crippen LogP contribution in [0.4, 0.5) is 14.0 Å². The highest BCUT2D eigenvalue weighted by Gasteiger charge is 2.43. The third-order valence-electron chi connectivity index (χ3n) is 10.4. The van der Waals surface area contributed by atoms with Crippen molar-refractivity contribution in [2.45, 2.75) is 102 Å². The van der Waals surface area contributed by atoms with Crippen LogP contribution in [0, 0.1) is 23.6 Å². The van der Waals surface area contributed by atoms with E-state index < -0.39 is 17.5 Å². The van der Waals surface area contributed by atoms with Gasteiger partial charge in [0, 0.05) is 50.9 Å². The number of amides is 3. The van der Waals surface area contributed by atoms with Crippen LogP contribution >= 0.6 is 11.6 Å². The molecule has 1 heterocycles. The van der Waals surface area contributed by atoms with Gasteiger partial charge in [-0.25, -0.2) is 14.0 Å². The van der Waals surface area contributed by atoms with Gasteiger partial charge in [0.05, 0.1) is 10.6 Å². The highest BCUT2D eigenvalue weighted by atomic mass is 35.5. The van der Waals surface area contributed by atoms with Crippen LogP contribution in [-0.2, 0) is 21.7 Å². The van der Waals surface area contributed by atoms with Crippen molar-refractivity contribution in [1.29, 1.82) is 0 Å². The zero-order valence-electron chi connectivity index (χ0n) is 28.7. The Bertz CT molecular complexity index is 1280. The van der Waals surface area contributed by atoms with Crippen LogP contribution in [0.15, 0.2) is 48.5 Å². The number of likely N-dealkylation sites (tertiary alicyclic amines) is 1. The topological polar surface area (TPSA) is 100 Å². The van der Waals surface area contributed by atoms with Crippen LogP contribution in [0.1, 0.15) is 95.1 Å². The number of carbonyl (C=O) groups is 2. The number of halogens is 2. The van der Waals surface area contributed by atoms with Gasteiger partial charge in [0.25, 0.3) is 0 Å². The Kier molecular flexibility index (Phi) is 15.3. The number of unbranched alkanes of at least 4 members (excludes halogenated alkanes) is 1. The first-order valence-electron chi connectivity index (χ1n) is 17.9. The molecular weight excluding hydrogens is 633 g/mol. The number of hydrogen-bond donors (Lipinski definition) is 3. The van der Waals surface area contributed by atoms with Crippen molar-refractivity contribution in [3.8, 4) is 0 Å². The lowest BCUT2D eigenvalue weighted by atomic mass is 9.73. The second-order valence-corrected chi connectivity index (χ2v) is 14.0. The van der Waals surface area contributed by atoms with E-state index in [1.165, 1.54) is 25.3 Å². The van der Waals surface area contributed by atoms with Crippen molar-refractivity contribution >= 4 is 23.7 Å². The van der Waals surface area contributed by atoms with Crippen LogP contribution in [0.2, 0.25) is 5.02 Å². The quantitative estimate of drug-likeness (QED) is 0.155. The maximum atomic E-state index is 15.4. The van der Waals surface area contributed by atoms with Gasteiger partial charge in [-0.2, -0.15) is 0 Å². The van der Waals surface area contributed by atoms with Crippen molar-refractivity contribution < 1.29 is 28.6 Å². The fourth-order valence-corrected chi connectivity index (χ4v) is 7.97. The number of aliphatic hydroxyl groups is 1. The molecule has 48 heavy (non-hydrogen) atoms. The molecule has 0 bridgehead atoms. The Labute approximate surface area is 291 Å². The highest BCUT2D eigenvalue weighted by Crippen LogP contribution is 2.42. The Hall–Kier alpha value is -2.88. The molecule has 2 aliphatic rings. The van der Waals surface area contributed by atoms with Gasteiger partial charge in [-0.1, -0.05) is 93.1 Å². The summed E-state index contributed by atoms with van der Waals surface area (Å²) >= 11 is 6.17. The number of rotatable bonds is 16. The van der Waals surface area contributed by atoms with E-state index in [0.717, 1.165) is 37.7 Å². The normalized spacial score (nSPS) is 19.6. The van der Waals surface area contributed by atoms with Crippen molar-refractivity contribution in [3.05, 3.63) is 70.5 Å². The predicted molar refractivity (Wildman–Crippen MR) is 187 cm³/mol. The molecule has 3 amide bonds. The molecule has 0 radical (unpaired) electrons. The standard InChI is InChI=1S/C38H55ClFN3O5/c1-3-34(31(29-16-8-5-9-17-29)21-23-41-37(45)48-27-28-14-6-4-7-15-28)42-36(44)43-24-13-18-30(26-43)38(46,22-10-11-25-47-2)32-19-12-20-33(39)35(32)40/h4,6-7,12,14-15,19-20,29-31,34,46H,3,5,8-11,13,16-18,21-27H2,1-2H3,(H,41,45)(H,42,44)/t30-,31+,34-,38+/m1/s1. The van der Waals surface area contributed by atoms with Crippen molar-refractivity contribution in [2.75, 3.05) is 33.4 Å². The summed E-state index contributed by atoms with van der Waals surface area (Å²) in [7, 11) is 1.64. The largest absolute Gasteiger partial charge is 0.445 e. The Morgan fingerprint density at radius 3 is 2.56 bits per heavy atom. The summed E-state index contributed by atoms with van der Waals surface area (Å²) in [6.07, 6.45) is 9.97. The first kappa shape index (κ1) is 37.9. The third-order valence-corrected chi connectivity index (χ3v) is 10.7. The molecule has 1 saturated carbocycles. The van der Waals surface area contributed by atoms with Gasteiger partial charge in [-0.05, 0) is 68.4 Å². The van der Waals surface area contributed by atoms with Crippen molar-refractivity contribution in [1.82, 2.24) is 15.5 Å². The van der Waals surface area contributed by atoms with E-state index in [1.54, 1.807) is 24.1 Å². The van der Waals surface area contributed by atoms with Gasteiger partial charge in [0.15, 0.2) is 0 Å². The second-order valence-electron chi connectivity index (χ2n) is 13.6. The molecule has 266 valence electrons. The van der Waals surface area contributed by atoms with Crippen molar-refractivity contribution in [2.24, 2.45) is 17.8 Å². The Morgan fingerprint density at radius 1 is 1.06 bits per heavy atom. The van der Waals surface area contributed by atoms with Crippen LogP contribution in [0.3, 0.4) is 0 Å². The molecule has 2 aromatic carbocycles. The summed E-state index contributed by atoms with van der Waals surface area (Å²) < 4.78 is 26.0. The summed E-state index contributed by atoms with van der Waals surface area (Å²) in [5.41, 5.74) is -0.348. The highest BCUT2D eigenvalue weighted by molar-refractivity contribution is 6.30. The number of nitrogens with zero attached hydrogens (tertiary/aromatic N) is 1. The molecule has 2 aromatic rings. The number of hydrogen-bond acceptors (Lipinski definition) is 5. The van der Waals surface area contributed by atoms with E-state index in [4.69, 9.17) is 21.1 Å². The number of carbonyl (C=O) groups excluding carboxylic acids is 2. The summed E-state index contributed by atoms with van der Waals surface area (Å²) in [6.45, 7) is 4.22. The van der Waals surface area contributed by atoms with E-state index in [1.807, 2.05) is 30.3 Å². The number of ether oxygens (including phenoxy) is 2. The number of benzene rings is 2. The average Bonchev–Trinajstić information content (AvgIpc) is 3.12. The number of nitrogens with one attached hydrogen (secondary N) is 2. The first-order chi connectivity index (χ1) is 23.3. The van der Waals surface area contributed by atoms with Gasteiger partial charge in [0.1, 0.15) is 12.4 Å². The predicted octanol–water partition coefficient (Wildman–Crippen LogP) is 8.20. The number of methoxy groups -OCH3 is 1. The number of piperidine rings is 1. The zero-order valence-corrected chi connectivity index (χ0v) is 29.5. The summed E-state index contributed by atoms with van der Waals surface area (Å²) in [5, 5.41) is 18.5. The molecule has 1 aliphatic carbocycles. The molecule has 8 nitrogen and oxygen atoms in total. The molecule has 0 spiro atoms. The second kappa shape index (κ2) is 19.3. The Morgan fingerprint density at radius 2 is 1.83 bits per heavy atom. The molecule has 1 aliphatic heterocycles. The van der Waals surface area contributed by atoms with E-state index in [2.05, 4.69) is 17.6 Å². The Balaban J connectivity index is 1.41. The molecule has 0 aromatic heterocycles. The molecule has 0 unspecified atom stereocenters. The molecule has 10 heteroatoms. The summed E-state index contributed by atoms with van der Waals surface area (Å²) in [5.74, 6) is -0.294. The molecular formula is C38H55ClFN3O5. The fraction of sp³-hybridized carbons (Fsp3) is 0.632. The smallest absolute Gasteiger partial charge is 0.407 e. The van der Waals surface area contributed by atoms with Crippen LogP contribution in [0.5, 0.6) is 0 Å². The van der Waals surface area contributed by atoms with E-state index in [0.29, 0.717) is 57.8 Å².